The molecule has 7 aliphatic rings. The van der Waals surface area contributed by atoms with Crippen LogP contribution in [0, 0.1) is 53.3 Å². The molecule has 4 aromatic carbocycles. The van der Waals surface area contributed by atoms with E-state index in [4.69, 9.17) is 160 Å². The van der Waals surface area contributed by atoms with Gasteiger partial charge in [0, 0.05) is 35.8 Å². The highest BCUT2D eigenvalue weighted by atomic mass is 35.6. The van der Waals surface area contributed by atoms with E-state index >= 15 is 0 Å². The number of benzene rings is 4. The lowest BCUT2D eigenvalue weighted by atomic mass is 9.78. The molecule has 0 spiro atoms. The van der Waals surface area contributed by atoms with Gasteiger partial charge < -0.3 is 106 Å². The number of carbonyl (C=O) groups excluding carboxylic acids is 3. The van der Waals surface area contributed by atoms with E-state index in [2.05, 4.69) is 71.3 Å². The number of halogens is 6. The van der Waals surface area contributed by atoms with Gasteiger partial charge in [0.25, 0.3) is 0 Å². The standard InChI is InChI=1S/C87H121Cl6N3O22/c1-14-61-50(7)48(5)53(10)76(107-61)117-73-68(96-85(99)106-47-87(91,92)93)81(114-70-56(13)63(16-3)109-82(75(70)102-42-58-33-24-19-25-34-58)101-40-30-39-94-83(97)104-43-59-35-26-20-27-36-59)111-65(44-100-41-57-31-22-18-23-32-57)71(73)115-78-55(12)52(9)69(64(17-4)110-78)113-80-67(95-84(98)105-46-86(88,89)90)74(118-77-54(11)49(6)51(8)62(15-2)108-77)72-66(112-80)45-103-79(116-72)60-37-28-21-29-38-60/h18-29,31-38,48-56,61-82H,14-17,30,39-47H2,1-13H3,(H,94,97)(H,95,98)(H,96,99)/t48-,49-,50-,51-,52+,53?,54?,55?,56+,61?,62?,63?,64?,65?,66?,67?,68?,69-,70-,71-,72-,73+,74+,75?,76-,77-,78+,79?,80-,81-,82-/m0/s1. The molecule has 7 heterocycles. The first kappa shape index (κ1) is 94.5. The van der Waals surface area contributed by atoms with Gasteiger partial charge in [-0.05, 0) is 78.4 Å². The second-order valence-electron chi connectivity index (χ2n) is 32.5. The van der Waals surface area contributed by atoms with Crippen molar-refractivity contribution in [3.8, 4) is 0 Å². The summed E-state index contributed by atoms with van der Waals surface area (Å²) >= 11 is 37.6. The minimum atomic E-state index is -2.03. The average Bonchev–Trinajstić information content (AvgIpc) is 0.758. The molecule has 658 valence electrons. The molecule has 7 fully saturated rings. The molecule has 31 heteroatoms. The maximum atomic E-state index is 14.9. The van der Waals surface area contributed by atoms with Crippen LogP contribution in [-0.4, -0.2) is 195 Å². The first-order valence-electron chi connectivity index (χ1n) is 41.9. The Morgan fingerprint density at radius 1 is 0.398 bits per heavy atom. The van der Waals surface area contributed by atoms with Crippen molar-refractivity contribution in [1.29, 1.82) is 0 Å². The van der Waals surface area contributed by atoms with Crippen LogP contribution in [0.25, 0.3) is 0 Å². The fourth-order valence-corrected chi connectivity index (χ4v) is 17.2. The van der Waals surface area contributed by atoms with Crippen LogP contribution in [0.5, 0.6) is 0 Å². The Labute approximate surface area is 725 Å². The molecule has 13 unspecified atom stereocenters. The van der Waals surface area contributed by atoms with Crippen molar-refractivity contribution in [1.82, 2.24) is 16.0 Å². The Kier molecular flexibility index (Phi) is 35.7. The van der Waals surface area contributed by atoms with Crippen molar-refractivity contribution in [2.24, 2.45) is 53.3 Å². The molecule has 0 radical (unpaired) electrons. The molecule has 31 atom stereocenters. The van der Waals surface area contributed by atoms with E-state index in [1.54, 1.807) is 0 Å². The monoisotopic (exact) mass is 1770 g/mol. The lowest BCUT2D eigenvalue weighted by Gasteiger charge is -2.54. The number of alkyl halides is 6. The molecule has 3 N–H and O–H groups in total. The van der Waals surface area contributed by atoms with Crippen molar-refractivity contribution >= 4 is 87.9 Å². The van der Waals surface area contributed by atoms with Gasteiger partial charge in [0.1, 0.15) is 74.6 Å². The van der Waals surface area contributed by atoms with Crippen LogP contribution in [-0.2, 0) is 110 Å². The van der Waals surface area contributed by atoms with Crippen LogP contribution < -0.4 is 16.0 Å². The molecular weight excluding hydrogens is 1650 g/mol. The molecule has 4 aromatic rings. The summed E-state index contributed by atoms with van der Waals surface area (Å²) in [5.41, 5.74) is 3.35. The lowest BCUT2D eigenvalue weighted by molar-refractivity contribution is -0.391. The van der Waals surface area contributed by atoms with Crippen molar-refractivity contribution in [3.05, 3.63) is 144 Å². The highest BCUT2D eigenvalue weighted by Gasteiger charge is 2.60. The Bertz CT molecular complexity index is 3670. The van der Waals surface area contributed by atoms with E-state index in [0.29, 0.717) is 25.7 Å². The van der Waals surface area contributed by atoms with Crippen LogP contribution in [0.15, 0.2) is 121 Å². The van der Waals surface area contributed by atoms with Crippen molar-refractivity contribution in [2.75, 3.05) is 39.6 Å². The number of alkyl carbamates (subject to hydrolysis) is 3. The number of hydrogen-bond donors (Lipinski definition) is 3. The van der Waals surface area contributed by atoms with Crippen LogP contribution in [0.2, 0.25) is 0 Å². The summed E-state index contributed by atoms with van der Waals surface area (Å²) in [6.07, 6.45) is -18.0. The van der Waals surface area contributed by atoms with Crippen molar-refractivity contribution in [3.63, 3.8) is 0 Å². The van der Waals surface area contributed by atoms with E-state index in [0.717, 1.165) is 28.7 Å². The second-order valence-corrected chi connectivity index (χ2v) is 37.5. The molecule has 7 saturated heterocycles. The molecule has 3 amide bonds. The van der Waals surface area contributed by atoms with Gasteiger partial charge >= 0.3 is 18.3 Å². The summed E-state index contributed by atoms with van der Waals surface area (Å²) in [5, 5.41) is 8.95. The molecule has 0 aromatic heterocycles. The molecule has 7 aliphatic heterocycles. The van der Waals surface area contributed by atoms with Gasteiger partial charge in [-0.3, -0.25) is 0 Å². The van der Waals surface area contributed by atoms with Gasteiger partial charge in [-0.1, -0.05) is 281 Å². The molecule has 11 rings (SSSR count). The van der Waals surface area contributed by atoms with E-state index in [-0.39, 0.29) is 93.9 Å². The molecule has 0 bridgehead atoms. The SMILES string of the molecule is CCC1O[C@@H](O[C@@H]2C(NC(=O)OCC(Cl)(Cl)Cl)[C@H](O[C@@H]3C(CC)O[C@H](O[C@H]4C(COCc5ccccc5)O[C@@H](O[C@@H]5C(OCc6ccccc6)[C@@H](OCCCNC(=O)OCc6ccccc6)OC(CC)[C@H]5C)C(NC(=O)OCC(Cl)(Cl)Cl)[C@H]4O[C@@H]4OC(CC)[C@@H](C)[C@H](C)C4C)C(C)[C@H]3C)OC3COC(c4ccccc4)O[C@@H]32)C(C)[C@@H](C)[C@@H]1C. The highest BCUT2D eigenvalue weighted by molar-refractivity contribution is 6.68. The topological polar surface area (TPSA) is 263 Å². The number of carbonyl (C=O) groups is 3. The molecule has 25 nitrogen and oxygen atoms in total. The van der Waals surface area contributed by atoms with E-state index in [9.17, 15) is 14.4 Å². The third kappa shape index (κ3) is 25.3. The summed E-state index contributed by atoms with van der Waals surface area (Å²) in [6, 6.07) is 35.8. The summed E-state index contributed by atoms with van der Waals surface area (Å²) < 4.78 is 127. The minimum absolute atomic E-state index is 0.0408. The van der Waals surface area contributed by atoms with Gasteiger partial charge in [0.15, 0.2) is 44.0 Å². The van der Waals surface area contributed by atoms with Gasteiger partial charge in [-0.15, -0.1) is 0 Å². The fraction of sp³-hybridized carbons (Fsp3) is 0.690. The first-order valence-corrected chi connectivity index (χ1v) is 44.2. The smallest absolute Gasteiger partial charge is 0.407 e. The maximum absolute atomic E-state index is 14.9. The van der Waals surface area contributed by atoms with E-state index in [1.807, 2.05) is 156 Å². The number of ether oxygens (including phenoxy) is 19. The summed E-state index contributed by atoms with van der Waals surface area (Å²) in [5.74, 6) is -1.24. The van der Waals surface area contributed by atoms with Crippen LogP contribution in [0.4, 0.5) is 14.4 Å². The van der Waals surface area contributed by atoms with Gasteiger partial charge in [0.05, 0.1) is 69.7 Å². The van der Waals surface area contributed by atoms with Gasteiger partial charge in [0.2, 0.25) is 7.59 Å². The highest BCUT2D eigenvalue weighted by Crippen LogP contribution is 2.47. The normalized spacial score (nSPS) is 36.5. The van der Waals surface area contributed by atoms with E-state index in [1.165, 1.54) is 0 Å². The Morgan fingerprint density at radius 3 is 1.38 bits per heavy atom. The number of nitrogens with one attached hydrogen (secondary N) is 3. The quantitative estimate of drug-likeness (QED) is 0.0227. The average molecular weight is 1770 g/mol. The first-order chi connectivity index (χ1) is 56.5. The molecule has 0 saturated carbocycles. The third-order valence-electron chi connectivity index (χ3n) is 24.6. The Balaban J connectivity index is 0.950. The zero-order valence-electron chi connectivity index (χ0n) is 69.6. The van der Waals surface area contributed by atoms with Crippen LogP contribution in [0.1, 0.15) is 151 Å². The summed E-state index contributed by atoms with van der Waals surface area (Å²) in [7, 11) is 0. The van der Waals surface area contributed by atoms with Crippen LogP contribution in [0.3, 0.4) is 0 Å². The number of amides is 3. The lowest BCUT2D eigenvalue weighted by Crippen LogP contribution is -2.70. The summed E-state index contributed by atoms with van der Waals surface area (Å²) in [4.78, 5) is 42.2. The largest absolute Gasteiger partial charge is 0.445 e. The molecule has 0 aliphatic carbocycles. The van der Waals surface area contributed by atoms with Gasteiger partial charge in [-0.2, -0.15) is 0 Å². The minimum Gasteiger partial charge on any atom is -0.445 e. The fourth-order valence-electron chi connectivity index (χ4n) is 16.9. The molecule has 118 heavy (non-hydrogen) atoms. The number of rotatable bonds is 33. The number of hydrogen-bond acceptors (Lipinski definition) is 22. The zero-order chi connectivity index (χ0) is 84.5. The number of fused-ring (bicyclic) bond motifs is 1. The predicted octanol–water partition coefficient (Wildman–Crippen LogP) is 16.8. The second kappa shape index (κ2) is 44.6. The Hall–Kier alpha value is -4.21. The maximum Gasteiger partial charge on any atom is 0.407 e. The van der Waals surface area contributed by atoms with Crippen molar-refractivity contribution in [2.45, 2.75) is 285 Å². The van der Waals surface area contributed by atoms with Crippen molar-refractivity contribution < 1.29 is 104 Å². The summed E-state index contributed by atoms with van der Waals surface area (Å²) in [6.45, 7) is 26.5. The van der Waals surface area contributed by atoms with Crippen LogP contribution >= 0.6 is 69.6 Å². The Morgan fingerprint density at radius 2 is 0.839 bits per heavy atom. The molecular formula is C87H121Cl6N3O22. The zero-order valence-corrected chi connectivity index (χ0v) is 74.1. The third-order valence-corrected chi connectivity index (χ3v) is 25.3. The van der Waals surface area contributed by atoms with Gasteiger partial charge in [-0.25, -0.2) is 14.4 Å². The predicted molar refractivity (Wildman–Crippen MR) is 443 cm³/mol. The van der Waals surface area contributed by atoms with E-state index < -0.39 is 180 Å².